The van der Waals surface area contributed by atoms with Crippen LogP contribution in [0.25, 0.3) is 0 Å². The summed E-state index contributed by atoms with van der Waals surface area (Å²) in [4.78, 5) is 0. The van der Waals surface area contributed by atoms with E-state index in [9.17, 15) is 4.39 Å². The van der Waals surface area contributed by atoms with Gasteiger partial charge in [-0.05, 0) is 36.5 Å². The molecule has 0 amide bonds. The normalized spacial score (nSPS) is 16.6. The van der Waals surface area contributed by atoms with E-state index in [-0.39, 0.29) is 5.82 Å². The molecule has 0 bridgehead atoms. The van der Waals surface area contributed by atoms with E-state index in [0.717, 1.165) is 5.56 Å². The van der Waals surface area contributed by atoms with E-state index in [1.54, 1.807) is 12.1 Å². The lowest BCUT2D eigenvalue weighted by Crippen LogP contribution is -2.21. The van der Waals surface area contributed by atoms with Crippen molar-refractivity contribution in [2.24, 2.45) is 5.92 Å². The van der Waals surface area contributed by atoms with Crippen molar-refractivity contribution in [3.8, 4) is 5.75 Å². The average molecular weight is 279 g/mol. The van der Waals surface area contributed by atoms with Crippen LogP contribution in [0.3, 0.4) is 0 Å². The summed E-state index contributed by atoms with van der Waals surface area (Å²) in [7, 11) is 0. The minimum Gasteiger partial charge on any atom is -0.490 e. The second-order valence-corrected chi connectivity index (χ2v) is 6.12. The number of benzene rings is 1. The summed E-state index contributed by atoms with van der Waals surface area (Å²) in [6.45, 7) is 5.51. The van der Waals surface area contributed by atoms with Crippen LogP contribution in [0.4, 0.5) is 4.39 Å². The largest absolute Gasteiger partial charge is 0.490 e. The molecule has 0 saturated heterocycles. The van der Waals surface area contributed by atoms with Crippen molar-refractivity contribution >= 4 is 0 Å². The first kappa shape index (κ1) is 15.3. The number of ether oxygens (including phenoxy) is 1. The highest BCUT2D eigenvalue weighted by atomic mass is 19.1. The Morgan fingerprint density at radius 1 is 1.25 bits per heavy atom. The number of rotatable bonds is 6. The Bertz CT molecular complexity index is 413. The minimum absolute atomic E-state index is 0.246. The molecule has 2 rings (SSSR count). The Labute approximate surface area is 121 Å². The number of hydrogen-bond donors (Lipinski definition) is 1. The summed E-state index contributed by atoms with van der Waals surface area (Å²) in [5, 5.41) is 3.28. The van der Waals surface area contributed by atoms with Gasteiger partial charge >= 0.3 is 0 Å². The van der Waals surface area contributed by atoms with Crippen molar-refractivity contribution < 1.29 is 9.13 Å². The third-order valence-corrected chi connectivity index (χ3v) is 3.91. The minimum atomic E-state index is -0.246. The summed E-state index contributed by atoms with van der Waals surface area (Å²) in [5.74, 6) is 0.748. The van der Waals surface area contributed by atoms with Crippen molar-refractivity contribution in [2.45, 2.75) is 58.5 Å². The molecule has 1 fully saturated rings. The van der Waals surface area contributed by atoms with Crippen LogP contribution >= 0.6 is 0 Å². The van der Waals surface area contributed by atoms with Gasteiger partial charge in [0.15, 0.2) is 11.6 Å². The molecule has 1 aliphatic carbocycles. The van der Waals surface area contributed by atoms with E-state index < -0.39 is 0 Å². The molecule has 0 spiro atoms. The van der Waals surface area contributed by atoms with Crippen LogP contribution < -0.4 is 10.1 Å². The van der Waals surface area contributed by atoms with Crippen molar-refractivity contribution in [2.75, 3.05) is 6.61 Å². The zero-order valence-electron chi connectivity index (χ0n) is 12.6. The highest BCUT2D eigenvalue weighted by molar-refractivity contribution is 5.29. The van der Waals surface area contributed by atoms with Crippen LogP contribution in [0, 0.1) is 11.7 Å². The first-order valence-electron chi connectivity index (χ1n) is 7.80. The fourth-order valence-electron chi connectivity index (χ4n) is 2.65. The Kier molecular flexibility index (Phi) is 5.84. The van der Waals surface area contributed by atoms with Crippen LogP contribution in [0.5, 0.6) is 5.75 Å². The zero-order chi connectivity index (χ0) is 14.4. The predicted molar refractivity (Wildman–Crippen MR) is 80.4 cm³/mol. The molecule has 2 nitrogen and oxygen atoms in total. The topological polar surface area (TPSA) is 21.3 Å². The highest BCUT2D eigenvalue weighted by Crippen LogP contribution is 2.25. The van der Waals surface area contributed by atoms with Gasteiger partial charge in [0.05, 0.1) is 6.61 Å². The molecule has 0 aliphatic heterocycles. The van der Waals surface area contributed by atoms with Crippen molar-refractivity contribution in [3.05, 3.63) is 29.6 Å². The lowest BCUT2D eigenvalue weighted by Gasteiger charge is -2.21. The Morgan fingerprint density at radius 3 is 2.65 bits per heavy atom. The van der Waals surface area contributed by atoms with Gasteiger partial charge in [0.25, 0.3) is 0 Å². The average Bonchev–Trinajstić information content (AvgIpc) is 2.45. The molecule has 1 saturated carbocycles. The zero-order valence-corrected chi connectivity index (χ0v) is 12.6. The van der Waals surface area contributed by atoms with E-state index in [1.807, 2.05) is 6.07 Å². The first-order chi connectivity index (χ1) is 9.65. The second kappa shape index (κ2) is 7.63. The molecule has 0 aromatic heterocycles. The maximum absolute atomic E-state index is 14.0. The first-order valence-corrected chi connectivity index (χ1v) is 7.80. The Hall–Kier alpha value is -1.09. The number of nitrogens with one attached hydrogen (secondary N) is 1. The van der Waals surface area contributed by atoms with Crippen molar-refractivity contribution in [1.82, 2.24) is 5.32 Å². The van der Waals surface area contributed by atoms with Crippen molar-refractivity contribution in [1.29, 1.82) is 0 Å². The number of hydrogen-bond acceptors (Lipinski definition) is 2. The van der Waals surface area contributed by atoms with Gasteiger partial charge in [-0.15, -0.1) is 0 Å². The molecular weight excluding hydrogens is 253 g/mol. The fourth-order valence-corrected chi connectivity index (χ4v) is 2.65. The second-order valence-electron chi connectivity index (χ2n) is 6.12. The molecule has 112 valence electrons. The van der Waals surface area contributed by atoms with Crippen LogP contribution in [0.15, 0.2) is 18.2 Å². The van der Waals surface area contributed by atoms with Gasteiger partial charge in [-0.1, -0.05) is 39.2 Å². The SMILES string of the molecule is CC(C)NCc1ccc(OCC2CCCCC2)c(F)c1. The molecule has 1 aliphatic rings. The molecule has 1 N–H and O–H groups in total. The van der Waals surface area contributed by atoms with Crippen molar-refractivity contribution in [3.63, 3.8) is 0 Å². The summed E-state index contributed by atoms with van der Waals surface area (Å²) < 4.78 is 19.6. The highest BCUT2D eigenvalue weighted by Gasteiger charge is 2.15. The molecular formula is C17H26FNO. The molecule has 1 aromatic rings. The third kappa shape index (κ3) is 4.78. The van der Waals surface area contributed by atoms with E-state index >= 15 is 0 Å². The third-order valence-electron chi connectivity index (χ3n) is 3.91. The maximum Gasteiger partial charge on any atom is 0.165 e. The quantitative estimate of drug-likeness (QED) is 0.839. The van der Waals surface area contributed by atoms with Crippen LogP contribution in [-0.2, 0) is 6.54 Å². The maximum atomic E-state index is 14.0. The Morgan fingerprint density at radius 2 is 2.00 bits per heavy atom. The smallest absolute Gasteiger partial charge is 0.165 e. The fraction of sp³-hybridized carbons (Fsp3) is 0.647. The number of halogens is 1. The summed E-state index contributed by atoms with van der Waals surface area (Å²) in [5.41, 5.74) is 0.959. The lowest BCUT2D eigenvalue weighted by molar-refractivity contribution is 0.202. The molecule has 0 heterocycles. The van der Waals surface area contributed by atoms with E-state index in [2.05, 4.69) is 19.2 Å². The van der Waals surface area contributed by atoms with Gasteiger partial charge in [0.2, 0.25) is 0 Å². The van der Waals surface area contributed by atoms with E-state index in [0.29, 0.717) is 30.9 Å². The van der Waals surface area contributed by atoms with E-state index in [4.69, 9.17) is 4.74 Å². The van der Waals surface area contributed by atoms with Crippen LogP contribution in [0.2, 0.25) is 0 Å². The molecule has 0 radical (unpaired) electrons. The van der Waals surface area contributed by atoms with Gasteiger partial charge in [-0.25, -0.2) is 4.39 Å². The standard InChI is InChI=1S/C17H26FNO/c1-13(2)19-11-15-8-9-17(16(18)10-15)20-12-14-6-4-3-5-7-14/h8-10,13-14,19H,3-7,11-12H2,1-2H3. The Balaban J connectivity index is 1.85. The van der Waals surface area contributed by atoms with Crippen LogP contribution in [-0.4, -0.2) is 12.6 Å². The van der Waals surface area contributed by atoms with Crippen LogP contribution in [0.1, 0.15) is 51.5 Å². The summed E-state index contributed by atoms with van der Waals surface area (Å²) in [6.07, 6.45) is 6.35. The predicted octanol–water partition coefficient (Wildman–Crippen LogP) is 4.28. The van der Waals surface area contributed by atoms with Gasteiger partial charge in [0.1, 0.15) is 0 Å². The van der Waals surface area contributed by atoms with E-state index in [1.165, 1.54) is 32.1 Å². The van der Waals surface area contributed by atoms with Gasteiger partial charge in [-0.3, -0.25) is 0 Å². The monoisotopic (exact) mass is 279 g/mol. The molecule has 0 atom stereocenters. The summed E-state index contributed by atoms with van der Waals surface area (Å²) >= 11 is 0. The summed E-state index contributed by atoms with van der Waals surface area (Å²) in [6, 6.07) is 5.68. The molecule has 20 heavy (non-hydrogen) atoms. The molecule has 1 aromatic carbocycles. The molecule has 3 heteroatoms. The van der Waals surface area contributed by atoms with Gasteiger partial charge in [0, 0.05) is 12.6 Å². The van der Waals surface area contributed by atoms with Gasteiger partial charge in [-0.2, -0.15) is 0 Å². The van der Waals surface area contributed by atoms with Gasteiger partial charge < -0.3 is 10.1 Å². The molecule has 0 unspecified atom stereocenters. The lowest BCUT2D eigenvalue weighted by atomic mass is 9.90.